The Labute approximate surface area is 104 Å². The fourth-order valence-corrected chi connectivity index (χ4v) is 1.51. The number of nitrogens with zero attached hydrogens (tertiary/aromatic N) is 4. The molecule has 1 aromatic heterocycles. The van der Waals surface area contributed by atoms with Gasteiger partial charge in [0.25, 0.3) is 0 Å². The van der Waals surface area contributed by atoms with E-state index in [1.165, 1.54) is 0 Å². The lowest BCUT2D eigenvalue weighted by molar-refractivity contribution is -0.123. The maximum Gasteiger partial charge on any atom is 0.231 e. The summed E-state index contributed by atoms with van der Waals surface area (Å²) in [6, 6.07) is 0. The fraction of sp³-hybridized carbons (Fsp3) is 0.556. The number of amides is 1. The molecule has 0 aliphatic rings. The summed E-state index contributed by atoms with van der Waals surface area (Å²) in [6.07, 6.45) is 0. The number of carbonyl (C=O) groups excluding carboxylic acids is 1. The van der Waals surface area contributed by atoms with Crippen molar-refractivity contribution >= 4 is 29.4 Å². The Kier molecular flexibility index (Phi) is 4.45. The van der Waals surface area contributed by atoms with Crippen LogP contribution >= 0.6 is 11.6 Å². The first kappa shape index (κ1) is 13.4. The van der Waals surface area contributed by atoms with Crippen LogP contribution in [0.5, 0.6) is 0 Å². The molecule has 94 valence electrons. The molecular weight excluding hydrogens is 244 g/mol. The molecule has 1 aromatic rings. The quantitative estimate of drug-likeness (QED) is 0.784. The van der Waals surface area contributed by atoms with Crippen LogP contribution in [0.2, 0.25) is 5.28 Å². The summed E-state index contributed by atoms with van der Waals surface area (Å²) in [5.41, 5.74) is 5.46. The first-order valence-electron chi connectivity index (χ1n) is 5.03. The van der Waals surface area contributed by atoms with Crippen molar-refractivity contribution in [1.82, 2.24) is 20.3 Å². The number of halogens is 1. The van der Waals surface area contributed by atoms with Crippen LogP contribution in [0.25, 0.3) is 0 Å². The van der Waals surface area contributed by atoms with Crippen LogP contribution < -0.4 is 16.0 Å². The monoisotopic (exact) mass is 258 g/mol. The number of rotatable bonds is 4. The molecule has 0 saturated heterocycles. The van der Waals surface area contributed by atoms with E-state index in [1.807, 2.05) is 6.92 Å². The molecule has 17 heavy (non-hydrogen) atoms. The summed E-state index contributed by atoms with van der Waals surface area (Å²) in [7, 11) is 3.35. The third-order valence-corrected chi connectivity index (χ3v) is 2.37. The number of nitrogen functional groups attached to an aromatic ring is 1. The maximum absolute atomic E-state index is 11.4. The van der Waals surface area contributed by atoms with Gasteiger partial charge in [0.1, 0.15) is 0 Å². The average molecular weight is 259 g/mol. The van der Waals surface area contributed by atoms with Crippen LogP contribution in [0.3, 0.4) is 0 Å². The van der Waals surface area contributed by atoms with E-state index in [-0.39, 0.29) is 23.1 Å². The molecule has 0 spiro atoms. The van der Waals surface area contributed by atoms with E-state index in [0.29, 0.717) is 12.5 Å². The first-order valence-corrected chi connectivity index (χ1v) is 5.41. The van der Waals surface area contributed by atoms with Gasteiger partial charge in [-0.1, -0.05) is 6.92 Å². The number of anilines is 2. The standard InChI is InChI=1S/C9H15ClN6O/c1-5(6(17)12-2)4-16(3)9-14-7(10)13-8(11)15-9/h5H,4H2,1-3H3,(H,12,17)(H2,11,13,14,15). The zero-order valence-corrected chi connectivity index (χ0v) is 10.7. The molecule has 3 N–H and O–H groups in total. The normalized spacial score (nSPS) is 12.0. The second kappa shape index (κ2) is 5.62. The summed E-state index contributed by atoms with van der Waals surface area (Å²) in [5, 5.41) is 2.61. The Bertz CT molecular complexity index is 392. The van der Waals surface area contributed by atoms with Crippen LogP contribution in [0.1, 0.15) is 6.92 Å². The van der Waals surface area contributed by atoms with E-state index in [9.17, 15) is 4.79 Å². The van der Waals surface area contributed by atoms with Crippen molar-refractivity contribution in [1.29, 1.82) is 0 Å². The highest BCUT2D eigenvalue weighted by Gasteiger charge is 2.16. The molecular formula is C9H15ClN6O. The van der Waals surface area contributed by atoms with Gasteiger partial charge in [0, 0.05) is 20.6 Å². The van der Waals surface area contributed by atoms with Gasteiger partial charge in [-0.2, -0.15) is 15.0 Å². The lowest BCUT2D eigenvalue weighted by Gasteiger charge is -2.20. The van der Waals surface area contributed by atoms with Gasteiger partial charge in [0.05, 0.1) is 5.92 Å². The van der Waals surface area contributed by atoms with E-state index < -0.39 is 0 Å². The second-order valence-corrected chi connectivity index (χ2v) is 4.00. The number of nitrogens with one attached hydrogen (secondary N) is 1. The summed E-state index contributed by atoms with van der Waals surface area (Å²) < 4.78 is 0. The number of hydrogen-bond donors (Lipinski definition) is 2. The molecule has 0 radical (unpaired) electrons. The van der Waals surface area contributed by atoms with Crippen LogP contribution in [0.4, 0.5) is 11.9 Å². The van der Waals surface area contributed by atoms with Gasteiger partial charge in [0.15, 0.2) is 0 Å². The van der Waals surface area contributed by atoms with Crippen molar-refractivity contribution in [3.05, 3.63) is 5.28 Å². The number of hydrogen-bond acceptors (Lipinski definition) is 6. The van der Waals surface area contributed by atoms with E-state index >= 15 is 0 Å². The molecule has 0 aliphatic carbocycles. The van der Waals surface area contributed by atoms with E-state index in [0.717, 1.165) is 0 Å². The van der Waals surface area contributed by atoms with Crippen LogP contribution in [-0.4, -0.2) is 41.5 Å². The maximum atomic E-state index is 11.4. The second-order valence-electron chi connectivity index (χ2n) is 3.66. The predicted molar refractivity (Wildman–Crippen MR) is 65.8 cm³/mol. The van der Waals surface area contributed by atoms with Crippen molar-refractivity contribution in [3.8, 4) is 0 Å². The van der Waals surface area contributed by atoms with Crippen molar-refractivity contribution in [2.45, 2.75) is 6.92 Å². The number of nitrogens with two attached hydrogens (primary N) is 1. The van der Waals surface area contributed by atoms with Gasteiger partial charge in [0.2, 0.25) is 23.1 Å². The smallest absolute Gasteiger partial charge is 0.231 e. The Balaban J connectivity index is 2.75. The van der Waals surface area contributed by atoms with Gasteiger partial charge in [-0.25, -0.2) is 0 Å². The number of carbonyl (C=O) groups is 1. The highest BCUT2D eigenvalue weighted by Crippen LogP contribution is 2.12. The van der Waals surface area contributed by atoms with Gasteiger partial charge in [-0.05, 0) is 11.6 Å². The fourth-order valence-electron chi connectivity index (χ4n) is 1.35. The van der Waals surface area contributed by atoms with Crippen molar-refractivity contribution < 1.29 is 4.79 Å². The molecule has 1 amide bonds. The first-order chi connectivity index (χ1) is 7.93. The SMILES string of the molecule is CNC(=O)C(C)CN(C)c1nc(N)nc(Cl)n1. The molecule has 0 aliphatic heterocycles. The summed E-state index contributed by atoms with van der Waals surface area (Å²) in [5.74, 6) is 0.157. The predicted octanol–water partition coefficient (Wildman–Crippen LogP) is -0.0745. The molecule has 1 rings (SSSR count). The number of aromatic nitrogens is 3. The minimum Gasteiger partial charge on any atom is -0.368 e. The molecule has 0 saturated carbocycles. The highest BCUT2D eigenvalue weighted by atomic mass is 35.5. The van der Waals surface area contributed by atoms with Crippen LogP contribution in [-0.2, 0) is 4.79 Å². The summed E-state index contributed by atoms with van der Waals surface area (Å²) in [4.78, 5) is 24.6. The molecule has 1 unspecified atom stereocenters. The Hall–Kier alpha value is -1.63. The Morgan fingerprint density at radius 2 is 2.18 bits per heavy atom. The minimum absolute atomic E-state index is 0.0342. The van der Waals surface area contributed by atoms with Gasteiger partial charge >= 0.3 is 0 Å². The van der Waals surface area contributed by atoms with E-state index in [4.69, 9.17) is 17.3 Å². The highest BCUT2D eigenvalue weighted by molar-refractivity contribution is 6.28. The molecule has 1 heterocycles. The Morgan fingerprint density at radius 1 is 1.53 bits per heavy atom. The van der Waals surface area contributed by atoms with Crippen molar-refractivity contribution in [3.63, 3.8) is 0 Å². The minimum atomic E-state index is -0.193. The van der Waals surface area contributed by atoms with Gasteiger partial charge in [-0.15, -0.1) is 0 Å². The summed E-state index contributed by atoms with van der Waals surface area (Å²) >= 11 is 5.67. The zero-order chi connectivity index (χ0) is 13.0. The lowest BCUT2D eigenvalue weighted by Crippen LogP contribution is -2.35. The molecule has 1 atom stereocenters. The van der Waals surface area contributed by atoms with Gasteiger partial charge in [-0.3, -0.25) is 4.79 Å². The molecule has 0 fully saturated rings. The molecule has 0 aromatic carbocycles. The van der Waals surface area contributed by atoms with Crippen LogP contribution in [0.15, 0.2) is 0 Å². The molecule has 8 heteroatoms. The summed E-state index contributed by atoms with van der Waals surface area (Å²) in [6.45, 7) is 2.26. The van der Waals surface area contributed by atoms with E-state index in [1.54, 1.807) is 19.0 Å². The van der Waals surface area contributed by atoms with Gasteiger partial charge < -0.3 is 16.0 Å². The topological polar surface area (TPSA) is 97.0 Å². The third-order valence-electron chi connectivity index (χ3n) is 2.20. The molecule has 7 nitrogen and oxygen atoms in total. The van der Waals surface area contributed by atoms with Crippen molar-refractivity contribution in [2.24, 2.45) is 5.92 Å². The Morgan fingerprint density at radius 3 is 2.71 bits per heavy atom. The lowest BCUT2D eigenvalue weighted by atomic mass is 10.1. The van der Waals surface area contributed by atoms with E-state index in [2.05, 4.69) is 20.3 Å². The molecule has 0 bridgehead atoms. The van der Waals surface area contributed by atoms with Crippen molar-refractivity contribution in [2.75, 3.05) is 31.3 Å². The third kappa shape index (κ3) is 3.70. The largest absolute Gasteiger partial charge is 0.368 e. The zero-order valence-electron chi connectivity index (χ0n) is 9.94. The average Bonchev–Trinajstić information content (AvgIpc) is 2.26. The van der Waals surface area contributed by atoms with Crippen LogP contribution in [0, 0.1) is 5.92 Å².